The number of nitrogens with zero attached hydrogens (tertiary/aromatic N) is 1. The number of nitro benzene ring substituents is 1. The molecule has 1 aliphatic carbocycles. The Balaban J connectivity index is 2.12. The second kappa shape index (κ2) is 5.66. The molecule has 0 heterocycles. The second-order valence-corrected chi connectivity index (χ2v) is 5.62. The molecule has 20 heavy (non-hydrogen) atoms. The topological polar surface area (TPSA) is 84.6 Å². The van der Waals surface area contributed by atoms with Gasteiger partial charge in [0.05, 0.1) is 17.6 Å². The summed E-state index contributed by atoms with van der Waals surface area (Å²) >= 11 is 0. The molecule has 1 aromatic carbocycles. The zero-order valence-corrected chi connectivity index (χ0v) is 11.8. The molecule has 0 spiro atoms. The quantitative estimate of drug-likeness (QED) is 0.592. The van der Waals surface area contributed by atoms with Crippen molar-refractivity contribution in [3.63, 3.8) is 0 Å². The molecule has 2 N–H and O–H groups in total. The molecule has 0 amide bonds. The van der Waals surface area contributed by atoms with Gasteiger partial charge in [0.1, 0.15) is 0 Å². The van der Waals surface area contributed by atoms with E-state index in [2.05, 4.69) is 5.32 Å². The van der Waals surface area contributed by atoms with Crippen LogP contribution in [0.4, 0.5) is 11.4 Å². The third-order valence-electron chi connectivity index (χ3n) is 3.48. The van der Waals surface area contributed by atoms with Gasteiger partial charge in [0, 0.05) is 29.8 Å². The highest BCUT2D eigenvalue weighted by molar-refractivity contribution is 5.58. The number of ether oxygens (including phenoxy) is 1. The standard InChI is InChI=1S/C14H20N2O4/c1-10(2)20-13-7-11(3-4-12(13)16(18)19)15-8-14(9-17)5-6-14/h3-4,7,10,15,17H,5-6,8-9H2,1-2H3. The van der Waals surface area contributed by atoms with Crippen molar-refractivity contribution in [1.82, 2.24) is 0 Å². The highest BCUT2D eigenvalue weighted by Crippen LogP contribution is 2.45. The molecule has 0 atom stereocenters. The highest BCUT2D eigenvalue weighted by Gasteiger charge is 2.41. The molecule has 1 fully saturated rings. The van der Waals surface area contributed by atoms with E-state index in [4.69, 9.17) is 4.74 Å². The first-order valence-electron chi connectivity index (χ1n) is 6.76. The van der Waals surface area contributed by atoms with Crippen LogP contribution < -0.4 is 10.1 Å². The minimum absolute atomic E-state index is 0.0131. The summed E-state index contributed by atoms with van der Waals surface area (Å²) in [7, 11) is 0. The number of nitrogens with one attached hydrogen (secondary N) is 1. The number of hydrogen-bond donors (Lipinski definition) is 2. The Hall–Kier alpha value is -1.82. The van der Waals surface area contributed by atoms with Gasteiger partial charge in [0.2, 0.25) is 0 Å². The van der Waals surface area contributed by atoms with Gasteiger partial charge in [0.25, 0.3) is 0 Å². The van der Waals surface area contributed by atoms with Crippen LogP contribution >= 0.6 is 0 Å². The first kappa shape index (κ1) is 14.6. The van der Waals surface area contributed by atoms with Gasteiger partial charge in [-0.2, -0.15) is 0 Å². The van der Waals surface area contributed by atoms with Crippen LogP contribution in [0.5, 0.6) is 5.75 Å². The van der Waals surface area contributed by atoms with Gasteiger partial charge in [-0.1, -0.05) is 0 Å². The monoisotopic (exact) mass is 280 g/mol. The van der Waals surface area contributed by atoms with E-state index in [0.717, 1.165) is 18.5 Å². The Morgan fingerprint density at radius 2 is 2.20 bits per heavy atom. The van der Waals surface area contributed by atoms with Gasteiger partial charge in [-0.25, -0.2) is 0 Å². The smallest absolute Gasteiger partial charge is 0.311 e. The lowest BCUT2D eigenvalue weighted by molar-refractivity contribution is -0.386. The van der Waals surface area contributed by atoms with Crippen molar-refractivity contribution in [2.45, 2.75) is 32.8 Å². The zero-order valence-electron chi connectivity index (χ0n) is 11.8. The van der Waals surface area contributed by atoms with Crippen molar-refractivity contribution >= 4 is 11.4 Å². The minimum Gasteiger partial charge on any atom is -0.484 e. The van der Waals surface area contributed by atoms with Crippen LogP contribution in [0.15, 0.2) is 18.2 Å². The van der Waals surface area contributed by atoms with Crippen LogP contribution in [0.2, 0.25) is 0 Å². The van der Waals surface area contributed by atoms with E-state index >= 15 is 0 Å². The molecular formula is C14H20N2O4. The van der Waals surface area contributed by atoms with Crippen molar-refractivity contribution < 1.29 is 14.8 Å². The predicted octanol–water partition coefficient (Wildman–Crippen LogP) is 2.57. The SMILES string of the molecule is CC(C)Oc1cc(NCC2(CO)CC2)ccc1[N+](=O)[O-]. The van der Waals surface area contributed by atoms with Gasteiger partial charge in [-0.3, -0.25) is 10.1 Å². The number of benzene rings is 1. The van der Waals surface area contributed by atoms with Crippen molar-refractivity contribution in [3.05, 3.63) is 28.3 Å². The third kappa shape index (κ3) is 3.39. The maximum atomic E-state index is 11.0. The van der Waals surface area contributed by atoms with Crippen LogP contribution in [-0.2, 0) is 0 Å². The molecule has 6 nitrogen and oxygen atoms in total. The molecule has 0 radical (unpaired) electrons. The summed E-state index contributed by atoms with van der Waals surface area (Å²) in [5, 5.41) is 23.4. The molecule has 1 saturated carbocycles. The number of aliphatic hydroxyl groups excluding tert-OH is 1. The summed E-state index contributed by atoms with van der Waals surface area (Å²) in [5.41, 5.74) is 0.722. The van der Waals surface area contributed by atoms with Gasteiger partial charge in [-0.05, 0) is 32.8 Å². The second-order valence-electron chi connectivity index (χ2n) is 5.62. The molecule has 2 rings (SSSR count). The fraction of sp³-hybridized carbons (Fsp3) is 0.571. The molecule has 6 heteroatoms. The molecule has 0 aromatic heterocycles. The number of nitro groups is 1. The fourth-order valence-electron chi connectivity index (χ4n) is 1.98. The lowest BCUT2D eigenvalue weighted by Gasteiger charge is -2.15. The Labute approximate surface area is 117 Å². The minimum atomic E-state index is -0.447. The predicted molar refractivity (Wildman–Crippen MR) is 76.1 cm³/mol. The molecule has 110 valence electrons. The van der Waals surface area contributed by atoms with Gasteiger partial charge < -0.3 is 15.2 Å². The molecular weight excluding hydrogens is 260 g/mol. The van der Waals surface area contributed by atoms with Crippen LogP contribution in [0.25, 0.3) is 0 Å². The van der Waals surface area contributed by atoms with E-state index in [1.54, 1.807) is 12.1 Å². The average Bonchev–Trinajstić information content (AvgIpc) is 3.16. The lowest BCUT2D eigenvalue weighted by atomic mass is 10.1. The van der Waals surface area contributed by atoms with Crippen molar-refractivity contribution in [2.24, 2.45) is 5.41 Å². The van der Waals surface area contributed by atoms with Crippen LogP contribution in [0, 0.1) is 15.5 Å². The number of anilines is 1. The summed E-state index contributed by atoms with van der Waals surface area (Å²) in [6.45, 7) is 4.49. The van der Waals surface area contributed by atoms with Crippen LogP contribution in [0.1, 0.15) is 26.7 Å². The van der Waals surface area contributed by atoms with Crippen molar-refractivity contribution in [2.75, 3.05) is 18.5 Å². The maximum absolute atomic E-state index is 11.0. The first-order valence-corrected chi connectivity index (χ1v) is 6.76. The molecule has 0 unspecified atom stereocenters. The largest absolute Gasteiger partial charge is 0.484 e. The van der Waals surface area contributed by atoms with E-state index in [1.165, 1.54) is 6.07 Å². The Kier molecular flexibility index (Phi) is 4.13. The molecule has 0 saturated heterocycles. The molecule has 0 aliphatic heterocycles. The van der Waals surface area contributed by atoms with Gasteiger partial charge in [0.15, 0.2) is 5.75 Å². The normalized spacial score (nSPS) is 16.0. The van der Waals surface area contributed by atoms with E-state index in [1.807, 2.05) is 13.8 Å². The zero-order chi connectivity index (χ0) is 14.8. The average molecular weight is 280 g/mol. The Bertz CT molecular complexity index is 498. The Morgan fingerprint density at radius 3 is 2.70 bits per heavy atom. The highest BCUT2D eigenvalue weighted by atomic mass is 16.6. The van der Waals surface area contributed by atoms with Crippen LogP contribution in [-0.4, -0.2) is 29.3 Å². The van der Waals surface area contributed by atoms with Gasteiger partial charge in [-0.15, -0.1) is 0 Å². The number of hydrogen-bond acceptors (Lipinski definition) is 5. The van der Waals surface area contributed by atoms with E-state index < -0.39 is 4.92 Å². The summed E-state index contributed by atoms with van der Waals surface area (Å²) < 4.78 is 5.49. The number of aliphatic hydroxyl groups is 1. The third-order valence-corrected chi connectivity index (χ3v) is 3.48. The summed E-state index contributed by atoms with van der Waals surface area (Å²) in [6.07, 6.45) is 1.90. The van der Waals surface area contributed by atoms with Gasteiger partial charge >= 0.3 is 5.69 Å². The number of rotatable bonds is 7. The molecule has 1 aromatic rings. The van der Waals surface area contributed by atoms with E-state index in [0.29, 0.717) is 6.54 Å². The maximum Gasteiger partial charge on any atom is 0.311 e. The van der Waals surface area contributed by atoms with Crippen LogP contribution in [0.3, 0.4) is 0 Å². The fourth-order valence-corrected chi connectivity index (χ4v) is 1.98. The Morgan fingerprint density at radius 1 is 1.50 bits per heavy atom. The van der Waals surface area contributed by atoms with Crippen molar-refractivity contribution in [1.29, 1.82) is 0 Å². The van der Waals surface area contributed by atoms with E-state index in [-0.39, 0.29) is 29.6 Å². The van der Waals surface area contributed by atoms with E-state index in [9.17, 15) is 15.2 Å². The summed E-state index contributed by atoms with van der Waals surface area (Å²) in [4.78, 5) is 10.5. The summed E-state index contributed by atoms with van der Waals surface area (Å²) in [5.74, 6) is 0.267. The summed E-state index contributed by atoms with van der Waals surface area (Å²) in [6, 6.07) is 4.75. The lowest BCUT2D eigenvalue weighted by Crippen LogP contribution is -2.19. The first-order chi connectivity index (χ1) is 9.46. The molecule has 1 aliphatic rings. The molecule has 0 bridgehead atoms. The van der Waals surface area contributed by atoms with Crippen molar-refractivity contribution in [3.8, 4) is 5.75 Å².